The minimum atomic E-state index is 0. The predicted octanol–water partition coefficient (Wildman–Crippen LogP) is 4.26. The summed E-state index contributed by atoms with van der Waals surface area (Å²) in [5.41, 5.74) is 1.28. The Morgan fingerprint density at radius 1 is 1.48 bits per heavy atom. The van der Waals surface area contributed by atoms with E-state index in [1.165, 1.54) is 18.5 Å². The molecule has 23 heavy (non-hydrogen) atoms. The maximum atomic E-state index is 4.82. The van der Waals surface area contributed by atoms with Crippen molar-refractivity contribution < 1.29 is 0 Å². The molecule has 1 unspecified atom stereocenters. The molecule has 0 aromatic carbocycles. The van der Waals surface area contributed by atoms with E-state index in [9.17, 15) is 0 Å². The molecule has 1 N–H and O–H groups in total. The van der Waals surface area contributed by atoms with Gasteiger partial charge in [-0.3, -0.25) is 0 Å². The van der Waals surface area contributed by atoms with Crippen molar-refractivity contribution in [2.24, 2.45) is 10.9 Å². The molecule has 1 saturated heterocycles. The Morgan fingerprint density at radius 3 is 2.78 bits per heavy atom. The number of likely N-dealkylation sites (tertiary alicyclic amines) is 1. The van der Waals surface area contributed by atoms with Crippen molar-refractivity contribution in [3.63, 3.8) is 0 Å². The van der Waals surface area contributed by atoms with Crippen LogP contribution in [0.3, 0.4) is 0 Å². The van der Waals surface area contributed by atoms with E-state index in [1.807, 2.05) is 0 Å². The highest BCUT2D eigenvalue weighted by atomic mass is 127. The van der Waals surface area contributed by atoms with E-state index in [1.54, 1.807) is 11.3 Å². The van der Waals surface area contributed by atoms with E-state index in [-0.39, 0.29) is 29.4 Å². The molecule has 132 valence electrons. The second-order valence-corrected chi connectivity index (χ2v) is 8.18. The van der Waals surface area contributed by atoms with Gasteiger partial charge in [-0.15, -0.1) is 35.3 Å². The van der Waals surface area contributed by atoms with Crippen LogP contribution in [0.15, 0.2) is 10.4 Å². The number of nitrogens with zero attached hydrogens (tertiary/aromatic N) is 3. The number of halogens is 1. The van der Waals surface area contributed by atoms with Crippen LogP contribution >= 0.6 is 35.3 Å². The highest BCUT2D eigenvalue weighted by Crippen LogP contribution is 2.24. The largest absolute Gasteiger partial charge is 0.357 e. The van der Waals surface area contributed by atoms with Crippen LogP contribution in [-0.2, 0) is 12.0 Å². The van der Waals surface area contributed by atoms with E-state index in [2.05, 4.69) is 50.2 Å². The maximum absolute atomic E-state index is 4.82. The fourth-order valence-corrected chi connectivity index (χ4v) is 3.62. The molecule has 6 heteroatoms. The Bertz CT molecular complexity index is 507. The van der Waals surface area contributed by atoms with Crippen LogP contribution in [0.1, 0.15) is 58.2 Å². The van der Waals surface area contributed by atoms with Gasteiger partial charge < -0.3 is 10.2 Å². The molecule has 0 bridgehead atoms. The number of aliphatic imine (C=N–C) groups is 1. The highest BCUT2D eigenvalue weighted by Gasteiger charge is 2.20. The number of hydrogen-bond donors (Lipinski definition) is 1. The van der Waals surface area contributed by atoms with Gasteiger partial charge in [-0.1, -0.05) is 27.7 Å². The first-order valence-corrected chi connectivity index (χ1v) is 9.26. The predicted molar refractivity (Wildman–Crippen MR) is 111 cm³/mol. The minimum Gasteiger partial charge on any atom is -0.357 e. The fraction of sp³-hybridized carbons (Fsp3) is 0.765. The first-order chi connectivity index (χ1) is 10.4. The van der Waals surface area contributed by atoms with Crippen LogP contribution in [-0.4, -0.2) is 35.5 Å². The summed E-state index contributed by atoms with van der Waals surface area (Å²) >= 11 is 1.72. The van der Waals surface area contributed by atoms with Crippen molar-refractivity contribution >= 4 is 41.3 Å². The van der Waals surface area contributed by atoms with Gasteiger partial charge in [-0.2, -0.15) is 0 Å². The Hall–Kier alpha value is -0.370. The second kappa shape index (κ2) is 9.20. The van der Waals surface area contributed by atoms with Gasteiger partial charge in [-0.05, 0) is 25.7 Å². The molecule has 1 aliphatic heterocycles. The lowest BCUT2D eigenvalue weighted by atomic mass is 9.93. The zero-order valence-electron chi connectivity index (χ0n) is 15.1. The molecule has 1 fully saturated rings. The van der Waals surface area contributed by atoms with Gasteiger partial charge in [0, 0.05) is 30.4 Å². The molecule has 0 saturated carbocycles. The van der Waals surface area contributed by atoms with E-state index in [0.29, 0.717) is 6.54 Å². The van der Waals surface area contributed by atoms with Crippen molar-refractivity contribution in [1.82, 2.24) is 15.2 Å². The summed E-state index contributed by atoms with van der Waals surface area (Å²) in [5, 5.41) is 6.70. The van der Waals surface area contributed by atoms with Gasteiger partial charge in [0.15, 0.2) is 5.96 Å². The molecule has 0 amide bonds. The quantitative estimate of drug-likeness (QED) is 0.425. The molecule has 0 aliphatic carbocycles. The molecule has 0 spiro atoms. The van der Waals surface area contributed by atoms with Gasteiger partial charge >= 0.3 is 0 Å². The fourth-order valence-electron chi connectivity index (χ4n) is 2.68. The second-order valence-electron chi connectivity index (χ2n) is 7.24. The van der Waals surface area contributed by atoms with Crippen molar-refractivity contribution in [3.05, 3.63) is 16.1 Å². The Labute approximate surface area is 162 Å². The van der Waals surface area contributed by atoms with Gasteiger partial charge in [0.05, 0.1) is 12.2 Å². The third-order valence-electron chi connectivity index (χ3n) is 3.98. The van der Waals surface area contributed by atoms with Crippen molar-refractivity contribution in [2.45, 2.75) is 59.4 Å². The average molecular weight is 450 g/mol. The van der Waals surface area contributed by atoms with E-state index >= 15 is 0 Å². The number of thiazole rings is 1. The molecular formula is C17H31IN4S. The van der Waals surface area contributed by atoms with Gasteiger partial charge in [0.1, 0.15) is 5.01 Å². The Kier molecular flexibility index (Phi) is 8.27. The summed E-state index contributed by atoms with van der Waals surface area (Å²) in [4.78, 5) is 12.0. The molecule has 1 aliphatic rings. The smallest absolute Gasteiger partial charge is 0.194 e. The zero-order chi connectivity index (χ0) is 16.2. The number of piperidine rings is 1. The number of nitrogens with one attached hydrogen (secondary N) is 1. The zero-order valence-corrected chi connectivity index (χ0v) is 18.2. The first kappa shape index (κ1) is 20.7. The summed E-state index contributed by atoms with van der Waals surface area (Å²) < 4.78 is 0. The summed E-state index contributed by atoms with van der Waals surface area (Å²) in [6, 6.07) is 0. The number of rotatable bonds is 3. The molecule has 4 nitrogen and oxygen atoms in total. The third-order valence-corrected chi connectivity index (χ3v) is 4.81. The highest BCUT2D eigenvalue weighted by molar-refractivity contribution is 14.0. The summed E-state index contributed by atoms with van der Waals surface area (Å²) in [6.45, 7) is 14.9. The van der Waals surface area contributed by atoms with Crippen molar-refractivity contribution in [1.29, 1.82) is 0 Å². The van der Waals surface area contributed by atoms with E-state index < -0.39 is 0 Å². The van der Waals surface area contributed by atoms with Crippen LogP contribution in [0.5, 0.6) is 0 Å². The average Bonchev–Trinajstić information content (AvgIpc) is 2.92. The van der Waals surface area contributed by atoms with E-state index in [4.69, 9.17) is 9.98 Å². The van der Waals surface area contributed by atoms with Gasteiger partial charge in [0.25, 0.3) is 0 Å². The molecular weight excluding hydrogens is 419 g/mol. The number of guanidine groups is 1. The van der Waals surface area contributed by atoms with Crippen LogP contribution in [0.25, 0.3) is 0 Å². The number of hydrogen-bond acceptors (Lipinski definition) is 3. The topological polar surface area (TPSA) is 40.5 Å². The molecule has 2 rings (SSSR count). The molecule has 1 aromatic heterocycles. The maximum Gasteiger partial charge on any atom is 0.194 e. The molecule has 1 atom stereocenters. The lowest BCUT2D eigenvalue weighted by Gasteiger charge is -2.33. The summed E-state index contributed by atoms with van der Waals surface area (Å²) in [6.07, 6.45) is 2.59. The van der Waals surface area contributed by atoms with E-state index in [0.717, 1.165) is 36.5 Å². The monoisotopic (exact) mass is 450 g/mol. The van der Waals surface area contributed by atoms with Crippen molar-refractivity contribution in [3.8, 4) is 0 Å². The van der Waals surface area contributed by atoms with Crippen LogP contribution in [0.2, 0.25) is 0 Å². The summed E-state index contributed by atoms with van der Waals surface area (Å²) in [5.74, 6) is 1.80. The van der Waals surface area contributed by atoms with Crippen molar-refractivity contribution in [2.75, 3.05) is 19.6 Å². The number of aromatic nitrogens is 1. The lowest BCUT2D eigenvalue weighted by molar-refractivity contribution is 0.266. The standard InChI is InChI=1S/C17H30N4S.HI/c1-6-18-16(21-9-7-8-13(2)11-21)19-10-15-20-14(12-22-15)17(3,4)5;/h12-13H,6-11H2,1-5H3,(H,18,19);1H. The van der Waals surface area contributed by atoms with Crippen LogP contribution in [0, 0.1) is 5.92 Å². The van der Waals surface area contributed by atoms with Gasteiger partial charge in [-0.25, -0.2) is 9.98 Å². The summed E-state index contributed by atoms with van der Waals surface area (Å²) in [7, 11) is 0. The normalized spacial score (nSPS) is 19.4. The molecule has 0 radical (unpaired) electrons. The third kappa shape index (κ3) is 6.21. The minimum absolute atomic E-state index is 0. The molecule has 1 aromatic rings. The van der Waals surface area contributed by atoms with Crippen LogP contribution in [0.4, 0.5) is 0 Å². The van der Waals surface area contributed by atoms with Crippen LogP contribution < -0.4 is 5.32 Å². The SMILES string of the molecule is CCNC(=NCc1nc(C(C)(C)C)cs1)N1CCCC(C)C1.I. The van der Waals surface area contributed by atoms with Gasteiger partial charge in [0.2, 0.25) is 0 Å². The first-order valence-electron chi connectivity index (χ1n) is 8.38. The lowest BCUT2D eigenvalue weighted by Crippen LogP contribution is -2.46. The Balaban J connectivity index is 0.00000264. The Morgan fingerprint density at radius 2 is 2.22 bits per heavy atom. The molecule has 2 heterocycles.